The van der Waals surface area contributed by atoms with Gasteiger partial charge in [0.25, 0.3) is 0 Å². The predicted octanol–water partition coefficient (Wildman–Crippen LogP) is 3.95. The summed E-state index contributed by atoms with van der Waals surface area (Å²) in [6, 6.07) is 25.8. The molecule has 0 aliphatic carbocycles. The van der Waals surface area contributed by atoms with Crippen molar-refractivity contribution < 1.29 is 9.53 Å². The number of aromatic nitrogens is 2. The van der Waals surface area contributed by atoms with Gasteiger partial charge in [0.2, 0.25) is 5.91 Å². The van der Waals surface area contributed by atoms with Crippen LogP contribution < -0.4 is 10.1 Å². The second-order valence-corrected chi connectivity index (χ2v) is 6.89. The largest absolute Gasteiger partial charge is 0.497 e. The molecule has 29 heavy (non-hydrogen) atoms. The fourth-order valence-corrected chi connectivity index (χ4v) is 3.36. The minimum absolute atomic E-state index is 0.0433. The summed E-state index contributed by atoms with van der Waals surface area (Å²) in [6.45, 7) is 0.711. The van der Waals surface area contributed by atoms with Gasteiger partial charge in [-0.3, -0.25) is 4.79 Å². The van der Waals surface area contributed by atoms with E-state index in [4.69, 9.17) is 9.72 Å². The maximum absolute atomic E-state index is 12.7. The molecule has 4 rings (SSSR count). The number of nitrogens with one attached hydrogen (secondary N) is 1. The van der Waals surface area contributed by atoms with Gasteiger partial charge in [-0.1, -0.05) is 54.6 Å². The standard InChI is InChI=1S/C24H23N3O2/c1-29-20-13-11-19(12-14-20)16-25-24(28)17-27-22-10-6-5-9-21(22)26-23(27)15-18-7-3-2-4-8-18/h2-14H,15-17H2,1H3,(H,25,28). The number of carbonyl (C=O) groups is 1. The van der Waals surface area contributed by atoms with E-state index in [1.54, 1.807) is 7.11 Å². The molecular weight excluding hydrogens is 362 g/mol. The fraction of sp³-hybridized carbons (Fsp3) is 0.167. The molecule has 0 saturated carbocycles. The normalized spacial score (nSPS) is 10.8. The van der Waals surface area contributed by atoms with Crippen LogP contribution in [0.3, 0.4) is 0 Å². The Balaban J connectivity index is 1.51. The van der Waals surface area contributed by atoms with Gasteiger partial charge in [0.1, 0.15) is 18.1 Å². The minimum Gasteiger partial charge on any atom is -0.497 e. The Morgan fingerprint density at radius 3 is 2.41 bits per heavy atom. The van der Waals surface area contributed by atoms with Gasteiger partial charge in [-0.15, -0.1) is 0 Å². The number of para-hydroxylation sites is 2. The summed E-state index contributed by atoms with van der Waals surface area (Å²) >= 11 is 0. The van der Waals surface area contributed by atoms with Crippen LogP contribution >= 0.6 is 0 Å². The zero-order chi connectivity index (χ0) is 20.1. The van der Waals surface area contributed by atoms with E-state index in [2.05, 4.69) is 17.4 Å². The Hall–Kier alpha value is -3.60. The SMILES string of the molecule is COc1ccc(CNC(=O)Cn2c(Cc3ccccc3)nc3ccccc32)cc1. The number of carbonyl (C=O) groups excluding carboxylic acids is 1. The minimum atomic E-state index is -0.0433. The molecule has 0 radical (unpaired) electrons. The molecule has 0 saturated heterocycles. The molecule has 0 unspecified atom stereocenters. The number of nitrogens with zero attached hydrogens (tertiary/aromatic N) is 2. The average Bonchev–Trinajstić information content (AvgIpc) is 3.10. The lowest BCUT2D eigenvalue weighted by atomic mass is 10.1. The summed E-state index contributed by atoms with van der Waals surface area (Å²) < 4.78 is 7.18. The third-order valence-electron chi connectivity index (χ3n) is 4.89. The average molecular weight is 385 g/mol. The lowest BCUT2D eigenvalue weighted by molar-refractivity contribution is -0.121. The van der Waals surface area contributed by atoms with E-state index in [-0.39, 0.29) is 12.5 Å². The number of methoxy groups -OCH3 is 1. The van der Waals surface area contributed by atoms with Crippen molar-refractivity contribution in [2.24, 2.45) is 0 Å². The second-order valence-electron chi connectivity index (χ2n) is 6.89. The first kappa shape index (κ1) is 18.7. The number of benzene rings is 3. The number of hydrogen-bond donors (Lipinski definition) is 1. The number of ether oxygens (including phenoxy) is 1. The Labute approximate surface area is 170 Å². The van der Waals surface area contributed by atoms with Gasteiger partial charge in [0.05, 0.1) is 18.1 Å². The molecule has 0 aliphatic rings. The molecule has 4 aromatic rings. The number of hydrogen-bond acceptors (Lipinski definition) is 3. The number of amides is 1. The molecule has 146 valence electrons. The van der Waals surface area contributed by atoms with Gasteiger partial charge in [-0.2, -0.15) is 0 Å². The molecule has 0 aliphatic heterocycles. The molecule has 0 fully saturated rings. The van der Waals surface area contributed by atoms with Crippen molar-refractivity contribution in [3.05, 3.63) is 95.8 Å². The highest BCUT2D eigenvalue weighted by atomic mass is 16.5. The zero-order valence-electron chi connectivity index (χ0n) is 16.3. The van der Waals surface area contributed by atoms with Crippen LogP contribution in [-0.2, 0) is 24.3 Å². The molecule has 1 heterocycles. The van der Waals surface area contributed by atoms with E-state index >= 15 is 0 Å². The summed E-state index contributed by atoms with van der Waals surface area (Å²) in [7, 11) is 1.64. The number of fused-ring (bicyclic) bond motifs is 1. The lowest BCUT2D eigenvalue weighted by Crippen LogP contribution is -2.27. The second kappa shape index (κ2) is 8.61. The zero-order valence-corrected chi connectivity index (χ0v) is 16.3. The molecule has 5 heteroatoms. The van der Waals surface area contributed by atoms with E-state index in [1.807, 2.05) is 71.3 Å². The third kappa shape index (κ3) is 4.46. The van der Waals surface area contributed by atoms with E-state index in [0.29, 0.717) is 13.0 Å². The van der Waals surface area contributed by atoms with Gasteiger partial charge >= 0.3 is 0 Å². The molecule has 0 bridgehead atoms. The topological polar surface area (TPSA) is 56.1 Å². The summed E-state index contributed by atoms with van der Waals surface area (Å²) in [6.07, 6.45) is 0.682. The van der Waals surface area contributed by atoms with Gasteiger partial charge < -0.3 is 14.6 Å². The molecule has 1 aromatic heterocycles. The summed E-state index contributed by atoms with van der Waals surface area (Å²) in [5, 5.41) is 3.00. The molecule has 1 N–H and O–H groups in total. The van der Waals surface area contributed by atoms with Crippen molar-refractivity contribution in [3.63, 3.8) is 0 Å². The summed E-state index contributed by atoms with van der Waals surface area (Å²) in [5.74, 6) is 1.64. The van der Waals surface area contributed by atoms with Crippen LogP contribution in [0.1, 0.15) is 17.0 Å². The van der Waals surface area contributed by atoms with Crippen molar-refractivity contribution in [2.45, 2.75) is 19.5 Å². The Kier molecular flexibility index (Phi) is 5.56. The van der Waals surface area contributed by atoms with Crippen LogP contribution in [0, 0.1) is 0 Å². The maximum atomic E-state index is 12.7. The van der Waals surface area contributed by atoms with E-state index < -0.39 is 0 Å². The first-order valence-electron chi connectivity index (χ1n) is 9.60. The Morgan fingerprint density at radius 2 is 1.66 bits per heavy atom. The highest BCUT2D eigenvalue weighted by Gasteiger charge is 2.14. The Bertz CT molecular complexity index is 1100. The lowest BCUT2D eigenvalue weighted by Gasteiger charge is -2.11. The summed E-state index contributed by atoms with van der Waals surface area (Å²) in [5.41, 5.74) is 4.07. The molecule has 3 aromatic carbocycles. The van der Waals surface area contributed by atoms with Crippen LogP contribution in [0.5, 0.6) is 5.75 Å². The molecular formula is C24H23N3O2. The van der Waals surface area contributed by atoms with Crippen LogP contribution in [0.25, 0.3) is 11.0 Å². The fourth-order valence-electron chi connectivity index (χ4n) is 3.36. The predicted molar refractivity (Wildman–Crippen MR) is 114 cm³/mol. The highest BCUT2D eigenvalue weighted by molar-refractivity contribution is 5.81. The summed E-state index contributed by atoms with van der Waals surface area (Å²) in [4.78, 5) is 17.4. The quantitative estimate of drug-likeness (QED) is 0.524. The molecule has 5 nitrogen and oxygen atoms in total. The first-order chi connectivity index (χ1) is 14.2. The van der Waals surface area contributed by atoms with Crippen LogP contribution in [0.15, 0.2) is 78.9 Å². The van der Waals surface area contributed by atoms with Crippen LogP contribution in [0.4, 0.5) is 0 Å². The van der Waals surface area contributed by atoms with E-state index in [0.717, 1.165) is 28.2 Å². The first-order valence-corrected chi connectivity index (χ1v) is 9.60. The van der Waals surface area contributed by atoms with E-state index in [1.165, 1.54) is 5.56 Å². The van der Waals surface area contributed by atoms with Crippen molar-refractivity contribution in [3.8, 4) is 5.75 Å². The van der Waals surface area contributed by atoms with Gasteiger partial charge in [0.15, 0.2) is 0 Å². The third-order valence-corrected chi connectivity index (χ3v) is 4.89. The smallest absolute Gasteiger partial charge is 0.240 e. The van der Waals surface area contributed by atoms with Crippen molar-refractivity contribution in [1.82, 2.24) is 14.9 Å². The molecule has 1 amide bonds. The van der Waals surface area contributed by atoms with Crippen molar-refractivity contribution in [2.75, 3.05) is 7.11 Å². The maximum Gasteiger partial charge on any atom is 0.240 e. The van der Waals surface area contributed by atoms with Crippen LogP contribution in [-0.4, -0.2) is 22.6 Å². The Morgan fingerprint density at radius 1 is 0.931 bits per heavy atom. The number of imidazole rings is 1. The van der Waals surface area contributed by atoms with E-state index in [9.17, 15) is 4.79 Å². The van der Waals surface area contributed by atoms with Crippen molar-refractivity contribution >= 4 is 16.9 Å². The van der Waals surface area contributed by atoms with Gasteiger partial charge in [-0.25, -0.2) is 4.98 Å². The monoisotopic (exact) mass is 385 g/mol. The van der Waals surface area contributed by atoms with Gasteiger partial charge in [-0.05, 0) is 35.4 Å². The molecule has 0 atom stereocenters. The van der Waals surface area contributed by atoms with Gasteiger partial charge in [0, 0.05) is 13.0 Å². The number of rotatable bonds is 7. The molecule has 0 spiro atoms. The van der Waals surface area contributed by atoms with Crippen molar-refractivity contribution in [1.29, 1.82) is 0 Å². The highest BCUT2D eigenvalue weighted by Crippen LogP contribution is 2.18. The van der Waals surface area contributed by atoms with Crippen LogP contribution in [0.2, 0.25) is 0 Å².